The minimum absolute atomic E-state index is 0.101. The Kier molecular flexibility index (Phi) is 3.32. The quantitative estimate of drug-likeness (QED) is 0.369. The summed E-state index contributed by atoms with van der Waals surface area (Å²) in [6.07, 6.45) is 0. The Hall–Kier alpha value is -3.26. The van der Waals surface area contributed by atoms with E-state index in [4.69, 9.17) is 4.98 Å². The average Bonchev–Trinajstić information content (AvgIpc) is 2.93. The predicted octanol–water partition coefficient (Wildman–Crippen LogP) is 6.04. The number of carbonyl (C=O) groups excluding carboxylic acids is 1. The van der Waals surface area contributed by atoms with Crippen LogP contribution in [0.2, 0.25) is 0 Å². The van der Waals surface area contributed by atoms with E-state index in [9.17, 15) is 4.79 Å². The Balaban J connectivity index is 1.96. The first-order valence-corrected chi connectivity index (χ1v) is 9.20. The molecule has 0 radical (unpaired) electrons. The van der Waals surface area contributed by atoms with E-state index >= 15 is 0 Å². The van der Waals surface area contributed by atoms with E-state index in [1.54, 1.807) is 0 Å². The summed E-state index contributed by atoms with van der Waals surface area (Å²) < 4.78 is 0. The molecule has 3 aromatic carbocycles. The normalized spacial score (nSPS) is 12.3. The van der Waals surface area contributed by atoms with Crippen LogP contribution in [0.25, 0.3) is 33.3 Å². The molecule has 5 rings (SSSR count). The summed E-state index contributed by atoms with van der Waals surface area (Å²) in [6.45, 7) is 6.26. The second-order valence-electron chi connectivity index (χ2n) is 7.48. The highest BCUT2D eigenvalue weighted by atomic mass is 16.1. The van der Waals surface area contributed by atoms with Crippen molar-refractivity contribution >= 4 is 16.7 Å². The van der Waals surface area contributed by atoms with Crippen LogP contribution in [-0.4, -0.2) is 10.8 Å². The van der Waals surface area contributed by atoms with Gasteiger partial charge < -0.3 is 0 Å². The second kappa shape index (κ2) is 5.62. The minimum atomic E-state index is 0.101. The van der Waals surface area contributed by atoms with Gasteiger partial charge in [-0.25, -0.2) is 4.98 Å². The summed E-state index contributed by atoms with van der Waals surface area (Å²) in [5, 5.41) is 0.930. The van der Waals surface area contributed by atoms with Gasteiger partial charge in [-0.1, -0.05) is 59.2 Å². The standard InChI is InChI=1S/C25H19NO/c1-14-8-9-18-20(13-14)22-23(25(18)27)19-6-4-5-7-21(19)26-24(22)17-11-15(2)10-16(3)12-17/h4-13H,1-3H3. The van der Waals surface area contributed by atoms with E-state index in [2.05, 4.69) is 45.0 Å². The number of hydrogen-bond acceptors (Lipinski definition) is 2. The Bertz CT molecular complexity index is 1250. The monoisotopic (exact) mass is 349 g/mol. The highest BCUT2D eigenvalue weighted by molar-refractivity contribution is 6.28. The van der Waals surface area contributed by atoms with E-state index in [1.807, 2.05) is 36.4 Å². The van der Waals surface area contributed by atoms with Gasteiger partial charge in [-0.3, -0.25) is 4.79 Å². The smallest absolute Gasteiger partial charge is 0.195 e. The molecule has 0 unspecified atom stereocenters. The number of ketones is 1. The molecule has 0 fully saturated rings. The Morgan fingerprint density at radius 1 is 0.704 bits per heavy atom. The van der Waals surface area contributed by atoms with Crippen LogP contribution in [0.3, 0.4) is 0 Å². The van der Waals surface area contributed by atoms with Crippen LogP contribution in [0.15, 0.2) is 60.7 Å². The molecule has 0 N–H and O–H groups in total. The summed E-state index contributed by atoms with van der Waals surface area (Å²) in [4.78, 5) is 18.3. The molecule has 0 saturated heterocycles. The fourth-order valence-corrected chi connectivity index (χ4v) is 4.23. The molecule has 1 aliphatic carbocycles. The third kappa shape index (κ3) is 2.33. The molecule has 27 heavy (non-hydrogen) atoms. The van der Waals surface area contributed by atoms with Crippen LogP contribution in [0.4, 0.5) is 0 Å². The number of fused-ring (bicyclic) bond motifs is 5. The molecule has 130 valence electrons. The van der Waals surface area contributed by atoms with Crippen molar-refractivity contribution in [1.82, 2.24) is 4.98 Å². The number of aryl methyl sites for hydroxylation is 3. The topological polar surface area (TPSA) is 30.0 Å². The lowest BCUT2D eigenvalue weighted by atomic mass is 9.94. The predicted molar refractivity (Wildman–Crippen MR) is 110 cm³/mol. The van der Waals surface area contributed by atoms with E-state index < -0.39 is 0 Å². The van der Waals surface area contributed by atoms with Gasteiger partial charge in [0, 0.05) is 27.6 Å². The van der Waals surface area contributed by atoms with Gasteiger partial charge in [-0.05, 0) is 44.5 Å². The lowest BCUT2D eigenvalue weighted by Gasteiger charge is -2.13. The second-order valence-corrected chi connectivity index (χ2v) is 7.48. The van der Waals surface area contributed by atoms with Crippen LogP contribution in [-0.2, 0) is 0 Å². The van der Waals surface area contributed by atoms with Gasteiger partial charge in [0.15, 0.2) is 5.78 Å². The molecular formula is C25H19NO. The molecule has 0 atom stereocenters. The number of para-hydroxylation sites is 1. The van der Waals surface area contributed by atoms with Crippen molar-refractivity contribution in [2.24, 2.45) is 0 Å². The molecule has 1 heterocycles. The van der Waals surface area contributed by atoms with E-state index in [1.165, 1.54) is 11.1 Å². The lowest BCUT2D eigenvalue weighted by Crippen LogP contribution is -1.99. The van der Waals surface area contributed by atoms with Gasteiger partial charge in [-0.2, -0.15) is 0 Å². The van der Waals surface area contributed by atoms with E-state index in [0.29, 0.717) is 0 Å². The average molecular weight is 349 g/mol. The summed E-state index contributed by atoms with van der Waals surface area (Å²) in [6, 6.07) is 20.5. The summed E-state index contributed by atoms with van der Waals surface area (Å²) in [5.74, 6) is 0.101. The number of benzene rings is 3. The molecule has 4 aromatic rings. The van der Waals surface area contributed by atoms with Gasteiger partial charge in [0.05, 0.1) is 11.2 Å². The zero-order chi connectivity index (χ0) is 18.7. The van der Waals surface area contributed by atoms with Crippen molar-refractivity contribution in [3.63, 3.8) is 0 Å². The van der Waals surface area contributed by atoms with Crippen molar-refractivity contribution in [3.05, 3.63) is 88.5 Å². The number of aromatic nitrogens is 1. The van der Waals surface area contributed by atoms with Crippen molar-refractivity contribution in [2.45, 2.75) is 20.8 Å². The Morgan fingerprint density at radius 2 is 1.44 bits per heavy atom. The molecule has 0 amide bonds. The SMILES string of the molecule is Cc1cc(C)cc(-c2nc3ccccc3c3c2-c2cc(C)ccc2C3=O)c1. The number of pyridine rings is 1. The van der Waals surface area contributed by atoms with Crippen LogP contribution < -0.4 is 0 Å². The molecule has 2 nitrogen and oxygen atoms in total. The van der Waals surface area contributed by atoms with Crippen molar-refractivity contribution in [1.29, 1.82) is 0 Å². The van der Waals surface area contributed by atoms with Crippen LogP contribution >= 0.6 is 0 Å². The molecule has 0 saturated carbocycles. The summed E-state index contributed by atoms with van der Waals surface area (Å²) >= 11 is 0. The van der Waals surface area contributed by atoms with Crippen molar-refractivity contribution < 1.29 is 4.79 Å². The number of hydrogen-bond donors (Lipinski definition) is 0. The first-order valence-electron chi connectivity index (χ1n) is 9.20. The summed E-state index contributed by atoms with van der Waals surface area (Å²) in [7, 11) is 0. The van der Waals surface area contributed by atoms with Gasteiger partial charge >= 0.3 is 0 Å². The third-order valence-electron chi connectivity index (χ3n) is 5.30. The molecule has 0 aliphatic heterocycles. The lowest BCUT2D eigenvalue weighted by molar-refractivity contribution is 0.104. The maximum atomic E-state index is 13.3. The molecule has 1 aliphatic rings. The molecule has 2 heteroatoms. The Labute approximate surface area is 158 Å². The van der Waals surface area contributed by atoms with Gasteiger partial charge in [0.1, 0.15) is 0 Å². The zero-order valence-electron chi connectivity index (χ0n) is 15.6. The van der Waals surface area contributed by atoms with Crippen LogP contribution in [0.1, 0.15) is 32.6 Å². The molecule has 0 spiro atoms. The van der Waals surface area contributed by atoms with Gasteiger partial charge in [-0.15, -0.1) is 0 Å². The van der Waals surface area contributed by atoms with Gasteiger partial charge in [0.2, 0.25) is 0 Å². The zero-order valence-corrected chi connectivity index (χ0v) is 15.6. The first-order chi connectivity index (χ1) is 13.0. The number of rotatable bonds is 1. The van der Waals surface area contributed by atoms with Crippen LogP contribution in [0.5, 0.6) is 0 Å². The van der Waals surface area contributed by atoms with E-state index in [-0.39, 0.29) is 5.78 Å². The fraction of sp³-hybridized carbons (Fsp3) is 0.120. The van der Waals surface area contributed by atoms with Crippen molar-refractivity contribution in [2.75, 3.05) is 0 Å². The number of nitrogens with zero attached hydrogens (tertiary/aromatic N) is 1. The number of carbonyl (C=O) groups is 1. The molecule has 0 bridgehead atoms. The highest BCUT2D eigenvalue weighted by Crippen LogP contribution is 2.45. The molecule has 1 aromatic heterocycles. The largest absolute Gasteiger partial charge is 0.289 e. The Morgan fingerprint density at radius 3 is 2.22 bits per heavy atom. The molecular weight excluding hydrogens is 330 g/mol. The van der Waals surface area contributed by atoms with Crippen LogP contribution in [0, 0.1) is 20.8 Å². The fourth-order valence-electron chi connectivity index (χ4n) is 4.23. The van der Waals surface area contributed by atoms with Gasteiger partial charge in [0.25, 0.3) is 0 Å². The maximum Gasteiger partial charge on any atom is 0.195 e. The maximum absolute atomic E-state index is 13.3. The summed E-state index contributed by atoms with van der Waals surface area (Å²) in [5.41, 5.74) is 9.91. The third-order valence-corrected chi connectivity index (χ3v) is 5.30. The first kappa shape index (κ1) is 16.0. The minimum Gasteiger partial charge on any atom is -0.289 e. The van der Waals surface area contributed by atoms with E-state index in [0.717, 1.165) is 50.0 Å². The highest BCUT2D eigenvalue weighted by Gasteiger charge is 2.32. The van der Waals surface area contributed by atoms with Crippen molar-refractivity contribution in [3.8, 4) is 22.4 Å².